The molecule has 0 amide bonds. The predicted molar refractivity (Wildman–Crippen MR) is 81.6 cm³/mol. The minimum Gasteiger partial charge on any atom is -0.491 e. The first-order chi connectivity index (χ1) is 10.5. The maximum absolute atomic E-state index is 11.1. The molecule has 120 valence electrons. The van der Waals surface area contributed by atoms with E-state index in [1.54, 1.807) is 18.2 Å². The van der Waals surface area contributed by atoms with E-state index in [-0.39, 0.29) is 18.0 Å². The van der Waals surface area contributed by atoms with Gasteiger partial charge in [0.1, 0.15) is 18.5 Å². The summed E-state index contributed by atoms with van der Waals surface area (Å²) in [6.07, 6.45) is 2.49. The number of aliphatic carboxylic acids is 1. The first kappa shape index (κ1) is 15.1. The number of nitrogens with two attached hydrogens (primary N) is 1. The molecule has 0 aromatic heterocycles. The Labute approximate surface area is 129 Å². The first-order valence-corrected chi connectivity index (χ1v) is 7.73. The Balaban J connectivity index is 1.66. The molecule has 1 saturated carbocycles. The van der Waals surface area contributed by atoms with Crippen LogP contribution in [-0.4, -0.2) is 34.9 Å². The molecule has 1 aromatic carbocycles. The largest absolute Gasteiger partial charge is 0.491 e. The summed E-state index contributed by atoms with van der Waals surface area (Å²) in [5.41, 5.74) is 7.05. The second kappa shape index (κ2) is 6.14. The summed E-state index contributed by atoms with van der Waals surface area (Å²) in [5, 5.41) is 23.1. The van der Waals surface area contributed by atoms with Gasteiger partial charge in [-0.05, 0) is 25.3 Å². The minimum absolute atomic E-state index is 0.105. The molecular weight excluding hydrogens is 284 g/mol. The van der Waals surface area contributed by atoms with Crippen molar-refractivity contribution < 1.29 is 19.7 Å². The van der Waals surface area contributed by atoms with Crippen LogP contribution in [0.4, 0.5) is 5.69 Å². The van der Waals surface area contributed by atoms with Crippen LogP contribution < -0.4 is 15.8 Å². The fraction of sp³-hybridized carbons (Fsp3) is 0.562. The number of nitrogen functional groups attached to an aromatic ring is 1. The second-order valence-corrected chi connectivity index (χ2v) is 6.22. The summed E-state index contributed by atoms with van der Waals surface area (Å²) in [6, 6.07) is 5.12. The van der Waals surface area contributed by atoms with Crippen molar-refractivity contribution in [2.75, 3.05) is 12.3 Å². The third kappa shape index (κ3) is 3.03. The lowest BCUT2D eigenvalue weighted by Gasteiger charge is -2.36. The van der Waals surface area contributed by atoms with E-state index < -0.39 is 12.1 Å². The SMILES string of the molecule is Nc1ccc2c(c1)OC[C@H](N[C@@H]1CCC[C@@H](C(=O)O)C1)[C@@H]2O. The molecule has 0 radical (unpaired) electrons. The zero-order valence-electron chi connectivity index (χ0n) is 12.4. The number of aliphatic hydroxyl groups excluding tert-OH is 1. The molecule has 1 aliphatic heterocycles. The highest BCUT2D eigenvalue weighted by Gasteiger charge is 2.33. The van der Waals surface area contributed by atoms with Gasteiger partial charge in [-0.3, -0.25) is 4.79 Å². The third-order valence-electron chi connectivity index (χ3n) is 4.63. The number of nitrogens with one attached hydrogen (secondary N) is 1. The molecule has 1 heterocycles. The molecule has 0 bridgehead atoms. The third-order valence-corrected chi connectivity index (χ3v) is 4.63. The second-order valence-electron chi connectivity index (χ2n) is 6.22. The van der Waals surface area contributed by atoms with Crippen molar-refractivity contribution in [1.29, 1.82) is 0 Å². The van der Waals surface area contributed by atoms with Gasteiger partial charge in [-0.25, -0.2) is 0 Å². The summed E-state index contributed by atoms with van der Waals surface area (Å²) < 4.78 is 5.68. The van der Waals surface area contributed by atoms with Crippen LogP contribution in [0.25, 0.3) is 0 Å². The van der Waals surface area contributed by atoms with E-state index in [1.807, 2.05) is 0 Å². The number of carboxylic acids is 1. The number of ether oxygens (including phenoxy) is 1. The molecule has 6 heteroatoms. The van der Waals surface area contributed by atoms with Crippen molar-refractivity contribution in [3.63, 3.8) is 0 Å². The Bertz CT molecular complexity index is 563. The van der Waals surface area contributed by atoms with Gasteiger partial charge >= 0.3 is 5.97 Å². The van der Waals surface area contributed by atoms with Crippen LogP contribution in [0.1, 0.15) is 37.4 Å². The standard InChI is InChI=1S/C16H22N2O4/c17-10-4-5-12-14(7-10)22-8-13(15(12)19)18-11-3-1-2-9(6-11)16(20)21/h4-5,7,9,11,13,15,18-19H,1-3,6,8,17H2,(H,20,21)/t9-,11-,13+,15-/m1/s1. The van der Waals surface area contributed by atoms with E-state index in [0.29, 0.717) is 24.5 Å². The lowest BCUT2D eigenvalue weighted by Crippen LogP contribution is -2.49. The van der Waals surface area contributed by atoms with Crippen LogP contribution in [-0.2, 0) is 4.79 Å². The summed E-state index contributed by atoms with van der Waals surface area (Å²) in [4.78, 5) is 11.1. The summed E-state index contributed by atoms with van der Waals surface area (Å²) in [6.45, 7) is 0.353. The maximum Gasteiger partial charge on any atom is 0.306 e. The van der Waals surface area contributed by atoms with Gasteiger partial charge in [0, 0.05) is 23.4 Å². The number of aliphatic hydroxyl groups is 1. The molecule has 6 nitrogen and oxygen atoms in total. The van der Waals surface area contributed by atoms with E-state index in [1.165, 1.54) is 0 Å². The van der Waals surface area contributed by atoms with Crippen molar-refractivity contribution in [1.82, 2.24) is 5.32 Å². The summed E-state index contributed by atoms with van der Waals surface area (Å²) in [7, 11) is 0. The van der Waals surface area contributed by atoms with Gasteiger partial charge in [-0.15, -0.1) is 0 Å². The number of carbonyl (C=O) groups is 1. The van der Waals surface area contributed by atoms with Gasteiger partial charge in [-0.2, -0.15) is 0 Å². The van der Waals surface area contributed by atoms with E-state index in [4.69, 9.17) is 15.6 Å². The van der Waals surface area contributed by atoms with Crippen LogP contribution in [0, 0.1) is 5.92 Å². The summed E-state index contributed by atoms with van der Waals surface area (Å²) >= 11 is 0. The van der Waals surface area contributed by atoms with Gasteiger partial charge in [0.15, 0.2) is 0 Å². The van der Waals surface area contributed by atoms with Crippen LogP contribution >= 0.6 is 0 Å². The molecule has 1 aliphatic carbocycles. The molecule has 0 spiro atoms. The monoisotopic (exact) mass is 306 g/mol. The number of hydrogen-bond donors (Lipinski definition) is 4. The van der Waals surface area contributed by atoms with Crippen molar-refractivity contribution >= 4 is 11.7 Å². The molecule has 5 N–H and O–H groups in total. The first-order valence-electron chi connectivity index (χ1n) is 7.73. The van der Waals surface area contributed by atoms with Crippen molar-refractivity contribution in [3.05, 3.63) is 23.8 Å². The Hall–Kier alpha value is -1.79. The quantitative estimate of drug-likeness (QED) is 0.627. The normalized spacial score (nSPS) is 31.1. The zero-order valence-corrected chi connectivity index (χ0v) is 12.4. The molecule has 22 heavy (non-hydrogen) atoms. The molecule has 2 aliphatic rings. The molecule has 0 unspecified atom stereocenters. The highest BCUT2D eigenvalue weighted by molar-refractivity contribution is 5.70. The average molecular weight is 306 g/mol. The number of rotatable bonds is 3. The molecule has 4 atom stereocenters. The van der Waals surface area contributed by atoms with Gasteiger partial charge in [0.25, 0.3) is 0 Å². The number of benzene rings is 1. The average Bonchev–Trinajstić information content (AvgIpc) is 2.50. The smallest absolute Gasteiger partial charge is 0.306 e. The maximum atomic E-state index is 11.1. The lowest BCUT2D eigenvalue weighted by molar-refractivity contribution is -0.143. The van der Waals surface area contributed by atoms with Gasteiger partial charge in [0.05, 0.1) is 12.0 Å². The van der Waals surface area contributed by atoms with Crippen LogP contribution in [0.15, 0.2) is 18.2 Å². The van der Waals surface area contributed by atoms with E-state index in [0.717, 1.165) is 24.8 Å². The Morgan fingerprint density at radius 3 is 2.95 bits per heavy atom. The molecule has 0 saturated heterocycles. The number of hydrogen-bond acceptors (Lipinski definition) is 5. The van der Waals surface area contributed by atoms with Gasteiger partial charge in [0.2, 0.25) is 0 Å². The Kier molecular flexibility index (Phi) is 4.22. The molecule has 3 rings (SSSR count). The Morgan fingerprint density at radius 2 is 2.18 bits per heavy atom. The van der Waals surface area contributed by atoms with Crippen LogP contribution in [0.2, 0.25) is 0 Å². The van der Waals surface area contributed by atoms with Crippen LogP contribution in [0.5, 0.6) is 5.75 Å². The van der Waals surface area contributed by atoms with E-state index in [9.17, 15) is 9.90 Å². The summed E-state index contributed by atoms with van der Waals surface area (Å²) in [5.74, 6) is -0.398. The highest BCUT2D eigenvalue weighted by atomic mass is 16.5. The van der Waals surface area contributed by atoms with Crippen LogP contribution in [0.3, 0.4) is 0 Å². The lowest BCUT2D eigenvalue weighted by atomic mass is 9.85. The number of carboxylic acid groups (broad SMARTS) is 1. The van der Waals surface area contributed by atoms with Gasteiger partial charge < -0.3 is 26.0 Å². The highest BCUT2D eigenvalue weighted by Crippen LogP contribution is 2.34. The number of fused-ring (bicyclic) bond motifs is 1. The van der Waals surface area contributed by atoms with Crippen molar-refractivity contribution in [2.24, 2.45) is 5.92 Å². The van der Waals surface area contributed by atoms with E-state index in [2.05, 4.69) is 5.32 Å². The topological polar surface area (TPSA) is 105 Å². The Morgan fingerprint density at radius 1 is 1.36 bits per heavy atom. The fourth-order valence-electron chi connectivity index (χ4n) is 3.42. The fourth-order valence-corrected chi connectivity index (χ4v) is 3.42. The molecule has 1 fully saturated rings. The van der Waals surface area contributed by atoms with E-state index >= 15 is 0 Å². The zero-order chi connectivity index (χ0) is 15.7. The van der Waals surface area contributed by atoms with Crippen molar-refractivity contribution in [2.45, 2.75) is 43.9 Å². The molecule has 1 aromatic rings. The van der Waals surface area contributed by atoms with Gasteiger partial charge in [-0.1, -0.05) is 12.5 Å². The minimum atomic E-state index is -0.729. The van der Waals surface area contributed by atoms with Crippen molar-refractivity contribution in [3.8, 4) is 5.75 Å². The number of anilines is 1. The molecular formula is C16H22N2O4. The predicted octanol–water partition coefficient (Wildman–Crippen LogP) is 1.30.